The zero-order valence-electron chi connectivity index (χ0n) is 26.9. The van der Waals surface area contributed by atoms with E-state index in [0.717, 1.165) is 35.8 Å². The molecule has 8 nitrogen and oxygen atoms in total. The minimum Gasteiger partial charge on any atom is -0.493 e. The molecule has 0 aliphatic rings. The number of benzene rings is 4. The number of hydrogen-bond donors (Lipinski definition) is 0. The largest absolute Gasteiger partial charge is 0.493 e. The molecule has 0 heterocycles. The van der Waals surface area contributed by atoms with E-state index in [1.807, 2.05) is 48.5 Å². The van der Waals surface area contributed by atoms with Gasteiger partial charge in [-0.15, -0.1) is 0 Å². The van der Waals surface area contributed by atoms with Gasteiger partial charge in [0.1, 0.15) is 0 Å². The van der Waals surface area contributed by atoms with Gasteiger partial charge in [-0.1, -0.05) is 0 Å². The molecule has 0 radical (unpaired) electrons. The van der Waals surface area contributed by atoms with Crippen molar-refractivity contribution in [3.8, 4) is 46.0 Å². The van der Waals surface area contributed by atoms with Gasteiger partial charge in [0.05, 0.1) is 56.9 Å². The first-order valence-electron chi connectivity index (χ1n) is 13.0. The van der Waals surface area contributed by atoms with Gasteiger partial charge in [-0.2, -0.15) is 0 Å². The van der Waals surface area contributed by atoms with Gasteiger partial charge in [0.25, 0.3) is 0 Å². The third-order valence-corrected chi connectivity index (χ3v) is 13.1. The van der Waals surface area contributed by atoms with E-state index >= 15 is 0 Å². The third-order valence-electron chi connectivity index (χ3n) is 5.71. The highest BCUT2D eigenvalue weighted by Gasteiger charge is 2.09. The van der Waals surface area contributed by atoms with Gasteiger partial charge >= 0.3 is 0 Å². The van der Waals surface area contributed by atoms with Crippen molar-refractivity contribution in [2.24, 2.45) is 0 Å². The molecule has 0 N–H and O–H groups in total. The Labute approximate surface area is 348 Å². The zero-order chi connectivity index (χ0) is 36.6. The lowest BCUT2D eigenvalue weighted by Gasteiger charge is -2.08. The van der Waals surface area contributed by atoms with Gasteiger partial charge in [-0.25, -0.2) is 0 Å². The Morgan fingerprint density at radius 2 is 0.312 bits per heavy atom. The van der Waals surface area contributed by atoms with Crippen molar-refractivity contribution < 1.29 is 37.9 Å². The van der Waals surface area contributed by atoms with Crippen LogP contribution in [0, 0.1) is 0 Å². The van der Waals surface area contributed by atoms with Gasteiger partial charge in [-0.3, -0.25) is 0 Å². The summed E-state index contributed by atoms with van der Waals surface area (Å²) < 4.78 is 48.3. The van der Waals surface area contributed by atoms with Crippen LogP contribution in [0.4, 0.5) is 0 Å². The quantitative estimate of drug-likeness (QED) is 0.173. The number of hydrogen-bond acceptors (Lipinski definition) is 8. The molecule has 0 unspecified atom stereocenters. The summed E-state index contributed by atoms with van der Waals surface area (Å²) in [6.07, 6.45) is 0. The Hall–Kier alpha value is -0.880. The molecule has 0 aliphatic carbocycles. The summed E-state index contributed by atoms with van der Waals surface area (Å²) in [7, 11) is 12.9. The third kappa shape index (κ3) is 14.0. The molecule has 16 heteroatoms. The van der Waals surface area contributed by atoms with Gasteiger partial charge in [-0.05, 0) is 176 Å². The molecule has 4 aromatic carbocycles. The average molecular weight is 1180 g/mol. The summed E-state index contributed by atoms with van der Waals surface area (Å²) in [6.45, 7) is 0. The second-order valence-electron chi connectivity index (χ2n) is 8.49. The summed E-state index contributed by atoms with van der Waals surface area (Å²) in [5, 5.41) is 0. The fraction of sp³-hybridized carbons (Fsp3) is 0.250. The predicted molar refractivity (Wildman–Crippen MR) is 220 cm³/mol. The van der Waals surface area contributed by atoms with E-state index in [2.05, 4.69) is 127 Å². The number of rotatable bonds is 8. The van der Waals surface area contributed by atoms with Gasteiger partial charge in [0.2, 0.25) is 0 Å². The summed E-state index contributed by atoms with van der Waals surface area (Å²) in [5.74, 6) is 5.72. The van der Waals surface area contributed by atoms with Crippen molar-refractivity contribution in [2.45, 2.75) is 0 Å². The minimum absolute atomic E-state index is 0.715. The van der Waals surface area contributed by atoms with Crippen LogP contribution in [0.3, 0.4) is 0 Å². The minimum atomic E-state index is 0.715. The van der Waals surface area contributed by atoms with E-state index < -0.39 is 0 Å². The molecular weight excluding hydrogens is 1150 g/mol. The molecule has 0 amide bonds. The molecule has 0 fully saturated rings. The Balaban J connectivity index is 0.000000320. The smallest absolute Gasteiger partial charge is 0.161 e. The summed E-state index contributed by atoms with van der Waals surface area (Å²) >= 11 is 26.9. The number of ether oxygens (including phenoxy) is 8. The van der Waals surface area contributed by atoms with Crippen molar-refractivity contribution in [3.05, 3.63) is 84.3 Å². The molecule has 0 spiro atoms. The first kappa shape index (κ1) is 45.1. The first-order valence-corrected chi connectivity index (χ1v) is 19.4. The van der Waals surface area contributed by atoms with E-state index in [-0.39, 0.29) is 0 Å². The molecule has 0 bridgehead atoms. The van der Waals surface area contributed by atoms with E-state index in [4.69, 9.17) is 37.9 Å². The normalized spacial score (nSPS) is 9.67. The van der Waals surface area contributed by atoms with Crippen LogP contribution in [0.1, 0.15) is 0 Å². The SMILES string of the molecule is COc1cc(Br)c(Br)cc1OC.COc1cc(Br)c(Br)cc1OC.COc1cc(Br)c(Br)cc1OC.COc1cc(Br)c(Br)cc1OC. The van der Waals surface area contributed by atoms with Crippen molar-refractivity contribution in [1.82, 2.24) is 0 Å². The van der Waals surface area contributed by atoms with Gasteiger partial charge in [0, 0.05) is 35.8 Å². The van der Waals surface area contributed by atoms with Crippen LogP contribution >= 0.6 is 127 Å². The molecule has 0 aliphatic heterocycles. The van der Waals surface area contributed by atoms with E-state index in [0.29, 0.717) is 46.0 Å². The maximum atomic E-state index is 5.10. The molecule has 0 atom stereocenters. The molecular formula is C32H32Br8O8. The van der Waals surface area contributed by atoms with E-state index in [1.165, 1.54) is 0 Å². The standard InChI is InChI=1S/4C8H8Br2O2/c4*1-11-7-3-5(9)6(10)4-8(7)12-2/h4*3-4H,1-2H3. The molecule has 264 valence electrons. The van der Waals surface area contributed by atoms with Gasteiger partial charge < -0.3 is 37.9 Å². The van der Waals surface area contributed by atoms with Crippen LogP contribution in [0.2, 0.25) is 0 Å². The second-order valence-corrected chi connectivity index (χ2v) is 15.3. The highest BCUT2D eigenvalue weighted by molar-refractivity contribution is 9.14. The fourth-order valence-electron chi connectivity index (χ4n) is 3.32. The van der Waals surface area contributed by atoms with Crippen molar-refractivity contribution in [2.75, 3.05) is 56.9 Å². The summed E-state index contributed by atoms with van der Waals surface area (Å²) in [4.78, 5) is 0. The Kier molecular flexibility index (Phi) is 22.2. The van der Waals surface area contributed by atoms with Gasteiger partial charge in [0.15, 0.2) is 46.0 Å². The van der Waals surface area contributed by atoms with Crippen molar-refractivity contribution >= 4 is 127 Å². The van der Waals surface area contributed by atoms with Crippen LogP contribution in [0.25, 0.3) is 0 Å². The van der Waals surface area contributed by atoms with Crippen LogP contribution in [0.15, 0.2) is 84.3 Å². The number of halogens is 8. The lowest BCUT2D eigenvalue weighted by molar-refractivity contribution is 0.354. The van der Waals surface area contributed by atoms with Crippen molar-refractivity contribution in [3.63, 3.8) is 0 Å². The lowest BCUT2D eigenvalue weighted by atomic mass is 10.3. The number of methoxy groups -OCH3 is 8. The van der Waals surface area contributed by atoms with E-state index in [9.17, 15) is 0 Å². The van der Waals surface area contributed by atoms with Crippen LogP contribution < -0.4 is 37.9 Å². The summed E-state index contributed by atoms with van der Waals surface area (Å²) in [5.41, 5.74) is 0. The Morgan fingerprint density at radius 1 is 0.229 bits per heavy atom. The van der Waals surface area contributed by atoms with Crippen LogP contribution in [0.5, 0.6) is 46.0 Å². The lowest BCUT2D eigenvalue weighted by Crippen LogP contribution is -1.90. The maximum Gasteiger partial charge on any atom is 0.161 e. The highest BCUT2D eigenvalue weighted by Crippen LogP contribution is 2.38. The molecule has 0 saturated heterocycles. The first-order chi connectivity index (χ1) is 22.7. The molecule has 0 aromatic heterocycles. The monoisotopic (exact) mass is 1180 g/mol. The van der Waals surface area contributed by atoms with Crippen LogP contribution in [-0.4, -0.2) is 56.9 Å². The fourth-order valence-corrected chi connectivity index (χ4v) is 5.90. The molecule has 48 heavy (non-hydrogen) atoms. The Bertz CT molecular complexity index is 1270. The van der Waals surface area contributed by atoms with Crippen molar-refractivity contribution in [1.29, 1.82) is 0 Å². The Morgan fingerprint density at radius 3 is 0.375 bits per heavy atom. The summed E-state index contributed by atoms with van der Waals surface area (Å²) in [6, 6.07) is 14.8. The average Bonchev–Trinajstić information content (AvgIpc) is 3.09. The zero-order valence-corrected chi connectivity index (χ0v) is 39.6. The molecule has 4 aromatic rings. The van der Waals surface area contributed by atoms with E-state index in [1.54, 1.807) is 56.9 Å². The predicted octanol–water partition coefficient (Wildman–Crippen LogP) is 12.9. The molecule has 4 rings (SSSR count). The van der Waals surface area contributed by atoms with Crippen LogP contribution in [-0.2, 0) is 0 Å². The second kappa shape index (κ2) is 23.6. The highest BCUT2D eigenvalue weighted by atomic mass is 79.9. The topological polar surface area (TPSA) is 73.8 Å². The maximum absolute atomic E-state index is 5.10. The molecule has 0 saturated carbocycles.